The summed E-state index contributed by atoms with van der Waals surface area (Å²) < 4.78 is 5.90. The van der Waals surface area contributed by atoms with E-state index in [1.54, 1.807) is 18.5 Å². The molecule has 1 aliphatic heterocycles. The fourth-order valence-electron chi connectivity index (χ4n) is 2.54. The predicted molar refractivity (Wildman–Crippen MR) is 84.4 cm³/mol. The number of rotatable bonds is 3. The standard InChI is InChI=1S/C15H17BrN4O2/c1-11-6-14(18-22-11)10-19-2-4-20(5-3-19)15(21)12-7-13(16)9-17-8-12/h6-9H,2-5,10H2,1H3. The zero-order chi connectivity index (χ0) is 15.5. The first kappa shape index (κ1) is 15.2. The molecule has 6 nitrogen and oxygen atoms in total. The van der Waals surface area contributed by atoms with Gasteiger partial charge in [-0.2, -0.15) is 0 Å². The van der Waals surface area contributed by atoms with Gasteiger partial charge in [0.2, 0.25) is 0 Å². The van der Waals surface area contributed by atoms with Gasteiger partial charge in [0, 0.05) is 55.7 Å². The van der Waals surface area contributed by atoms with Crippen LogP contribution in [0, 0.1) is 6.92 Å². The molecule has 0 N–H and O–H groups in total. The molecule has 1 aliphatic rings. The minimum Gasteiger partial charge on any atom is -0.361 e. The Kier molecular flexibility index (Phi) is 4.54. The minimum absolute atomic E-state index is 0.0331. The highest BCUT2D eigenvalue weighted by atomic mass is 79.9. The topological polar surface area (TPSA) is 62.5 Å². The van der Waals surface area contributed by atoms with E-state index in [0.29, 0.717) is 18.7 Å². The van der Waals surface area contributed by atoms with Crippen molar-refractivity contribution >= 4 is 21.8 Å². The molecule has 3 heterocycles. The van der Waals surface area contributed by atoms with E-state index in [1.807, 2.05) is 17.9 Å². The number of amides is 1. The van der Waals surface area contributed by atoms with Crippen LogP contribution in [-0.4, -0.2) is 52.0 Å². The van der Waals surface area contributed by atoms with E-state index in [4.69, 9.17) is 4.52 Å². The minimum atomic E-state index is 0.0331. The molecular weight excluding hydrogens is 348 g/mol. The van der Waals surface area contributed by atoms with Crippen LogP contribution >= 0.6 is 15.9 Å². The first-order valence-corrected chi connectivity index (χ1v) is 7.95. The van der Waals surface area contributed by atoms with Gasteiger partial charge in [-0.15, -0.1) is 0 Å². The van der Waals surface area contributed by atoms with Gasteiger partial charge < -0.3 is 9.42 Å². The monoisotopic (exact) mass is 364 g/mol. The first-order valence-electron chi connectivity index (χ1n) is 7.16. The van der Waals surface area contributed by atoms with Crippen LogP contribution in [0.5, 0.6) is 0 Å². The van der Waals surface area contributed by atoms with Crippen molar-refractivity contribution in [3.05, 3.63) is 46.0 Å². The Hall–Kier alpha value is -1.73. The van der Waals surface area contributed by atoms with E-state index in [2.05, 4.69) is 31.0 Å². The van der Waals surface area contributed by atoms with Gasteiger partial charge in [-0.25, -0.2) is 0 Å². The second-order valence-electron chi connectivity index (χ2n) is 5.39. The quantitative estimate of drug-likeness (QED) is 0.834. The largest absolute Gasteiger partial charge is 0.361 e. The summed E-state index contributed by atoms with van der Waals surface area (Å²) in [6.07, 6.45) is 3.28. The second kappa shape index (κ2) is 6.58. The van der Waals surface area contributed by atoms with Gasteiger partial charge in [0.25, 0.3) is 5.91 Å². The zero-order valence-electron chi connectivity index (χ0n) is 12.3. The molecule has 0 unspecified atom stereocenters. The summed E-state index contributed by atoms with van der Waals surface area (Å²) in [5.41, 5.74) is 1.56. The average molecular weight is 365 g/mol. The third kappa shape index (κ3) is 3.53. The van der Waals surface area contributed by atoms with Crippen molar-refractivity contribution in [1.82, 2.24) is 19.9 Å². The van der Waals surface area contributed by atoms with Gasteiger partial charge in [0.05, 0.1) is 11.3 Å². The predicted octanol–water partition coefficient (Wildman–Crippen LogP) is 2.10. The van der Waals surface area contributed by atoms with Crippen LogP contribution in [0.2, 0.25) is 0 Å². The van der Waals surface area contributed by atoms with Crippen molar-refractivity contribution in [1.29, 1.82) is 0 Å². The van der Waals surface area contributed by atoms with Crippen molar-refractivity contribution in [3.63, 3.8) is 0 Å². The molecule has 0 saturated carbocycles. The lowest BCUT2D eigenvalue weighted by atomic mass is 10.2. The molecule has 116 valence electrons. The maximum absolute atomic E-state index is 12.4. The van der Waals surface area contributed by atoms with Crippen molar-refractivity contribution in [2.45, 2.75) is 13.5 Å². The summed E-state index contributed by atoms with van der Waals surface area (Å²) in [5, 5.41) is 4.01. The Bertz CT molecular complexity index is 665. The number of piperazine rings is 1. The summed E-state index contributed by atoms with van der Waals surface area (Å²) in [4.78, 5) is 20.6. The van der Waals surface area contributed by atoms with E-state index in [-0.39, 0.29) is 5.91 Å². The molecule has 22 heavy (non-hydrogen) atoms. The Balaban J connectivity index is 1.56. The third-order valence-electron chi connectivity index (χ3n) is 3.67. The highest BCUT2D eigenvalue weighted by molar-refractivity contribution is 9.10. The number of pyridine rings is 1. The highest BCUT2D eigenvalue weighted by Gasteiger charge is 2.23. The lowest BCUT2D eigenvalue weighted by Gasteiger charge is -2.34. The molecular formula is C15H17BrN4O2. The van der Waals surface area contributed by atoms with E-state index in [1.165, 1.54) is 0 Å². The van der Waals surface area contributed by atoms with Crippen molar-refractivity contribution < 1.29 is 9.32 Å². The zero-order valence-corrected chi connectivity index (χ0v) is 13.9. The molecule has 7 heteroatoms. The molecule has 0 radical (unpaired) electrons. The first-order chi connectivity index (χ1) is 10.6. The van der Waals surface area contributed by atoms with Gasteiger partial charge in [0.15, 0.2) is 0 Å². The molecule has 1 saturated heterocycles. The number of carbonyl (C=O) groups is 1. The number of carbonyl (C=O) groups excluding carboxylic acids is 1. The van der Waals surface area contributed by atoms with Crippen molar-refractivity contribution in [2.24, 2.45) is 0 Å². The van der Waals surface area contributed by atoms with E-state index in [0.717, 1.165) is 35.6 Å². The van der Waals surface area contributed by atoms with E-state index < -0.39 is 0 Å². The number of hydrogen-bond acceptors (Lipinski definition) is 5. The van der Waals surface area contributed by atoms with Gasteiger partial charge in [0.1, 0.15) is 5.76 Å². The molecule has 0 bridgehead atoms. The van der Waals surface area contributed by atoms with Crippen LogP contribution in [0.15, 0.2) is 33.5 Å². The van der Waals surface area contributed by atoms with E-state index >= 15 is 0 Å². The van der Waals surface area contributed by atoms with Gasteiger partial charge in [-0.05, 0) is 28.9 Å². The van der Waals surface area contributed by atoms with Crippen LogP contribution in [0.3, 0.4) is 0 Å². The molecule has 3 rings (SSSR count). The van der Waals surface area contributed by atoms with Crippen molar-refractivity contribution in [3.8, 4) is 0 Å². The molecule has 2 aromatic rings. The number of hydrogen-bond donors (Lipinski definition) is 0. The summed E-state index contributed by atoms with van der Waals surface area (Å²) in [6, 6.07) is 3.75. The second-order valence-corrected chi connectivity index (χ2v) is 6.30. The number of halogens is 1. The molecule has 2 aromatic heterocycles. The lowest BCUT2D eigenvalue weighted by Crippen LogP contribution is -2.48. The summed E-state index contributed by atoms with van der Waals surface area (Å²) >= 11 is 3.35. The number of nitrogens with zero attached hydrogens (tertiary/aromatic N) is 4. The van der Waals surface area contributed by atoms with Crippen LogP contribution in [0.4, 0.5) is 0 Å². The maximum atomic E-state index is 12.4. The summed E-state index contributed by atoms with van der Waals surface area (Å²) in [5.74, 6) is 0.858. The molecule has 1 fully saturated rings. The molecule has 1 amide bonds. The Morgan fingerprint density at radius 2 is 2.05 bits per heavy atom. The maximum Gasteiger partial charge on any atom is 0.255 e. The lowest BCUT2D eigenvalue weighted by molar-refractivity contribution is 0.0625. The molecule has 0 aliphatic carbocycles. The number of aromatic nitrogens is 2. The third-order valence-corrected chi connectivity index (χ3v) is 4.11. The van der Waals surface area contributed by atoms with Crippen molar-refractivity contribution in [2.75, 3.05) is 26.2 Å². The van der Waals surface area contributed by atoms with E-state index in [9.17, 15) is 4.79 Å². The van der Waals surface area contributed by atoms with Crippen LogP contribution in [-0.2, 0) is 6.54 Å². The van der Waals surface area contributed by atoms with Gasteiger partial charge in [-0.3, -0.25) is 14.7 Å². The average Bonchev–Trinajstić information content (AvgIpc) is 2.92. The molecule has 0 aromatic carbocycles. The molecule has 0 atom stereocenters. The molecule has 0 spiro atoms. The van der Waals surface area contributed by atoms with Gasteiger partial charge in [-0.1, -0.05) is 5.16 Å². The fourth-order valence-corrected chi connectivity index (χ4v) is 2.91. The Morgan fingerprint density at radius 1 is 1.27 bits per heavy atom. The van der Waals surface area contributed by atoms with Crippen LogP contribution in [0.1, 0.15) is 21.8 Å². The van der Waals surface area contributed by atoms with Crippen LogP contribution in [0.25, 0.3) is 0 Å². The Labute approximate surface area is 137 Å². The van der Waals surface area contributed by atoms with Gasteiger partial charge >= 0.3 is 0 Å². The summed E-state index contributed by atoms with van der Waals surface area (Å²) in [6.45, 7) is 5.74. The fraction of sp³-hybridized carbons (Fsp3) is 0.400. The Morgan fingerprint density at radius 3 is 2.68 bits per heavy atom. The number of aryl methyl sites for hydroxylation is 1. The van der Waals surface area contributed by atoms with Crippen LogP contribution < -0.4 is 0 Å². The highest BCUT2D eigenvalue weighted by Crippen LogP contribution is 2.14. The summed E-state index contributed by atoms with van der Waals surface area (Å²) in [7, 11) is 0. The SMILES string of the molecule is Cc1cc(CN2CCN(C(=O)c3cncc(Br)c3)CC2)no1. The normalized spacial score (nSPS) is 16.0. The smallest absolute Gasteiger partial charge is 0.255 e.